The van der Waals surface area contributed by atoms with E-state index in [1.54, 1.807) is 6.07 Å². The van der Waals surface area contributed by atoms with Crippen LogP contribution in [0.15, 0.2) is 30.3 Å². The van der Waals surface area contributed by atoms with E-state index in [1.807, 2.05) is 0 Å². The third kappa shape index (κ3) is 2.90. The van der Waals surface area contributed by atoms with Crippen molar-refractivity contribution in [2.75, 3.05) is 6.61 Å². The highest BCUT2D eigenvalue weighted by atomic mass is 35.5. The number of hydrogen-bond acceptors (Lipinski definition) is 6. The van der Waals surface area contributed by atoms with Gasteiger partial charge in [-0.1, -0.05) is 35.3 Å². The van der Waals surface area contributed by atoms with Crippen molar-refractivity contribution >= 4 is 39.8 Å². The number of aromatic hydroxyl groups is 2. The minimum Gasteiger partial charge on any atom is -0.507 e. The molecule has 0 amide bonds. The molecule has 1 heterocycles. The molecule has 134 valence electrons. The molecule has 3 rings (SSSR count). The Morgan fingerprint density at radius 1 is 1.12 bits per heavy atom. The highest BCUT2D eigenvalue weighted by Crippen LogP contribution is 2.47. The molecule has 0 spiro atoms. The molecule has 3 N–H and O–H groups in total. The Bertz CT molecular complexity index is 1040. The number of nitro benzene ring substituents is 1. The fourth-order valence-electron chi connectivity index (χ4n) is 2.84. The van der Waals surface area contributed by atoms with Gasteiger partial charge in [-0.3, -0.25) is 10.1 Å². The smallest absolute Gasteiger partial charge is 0.277 e. The van der Waals surface area contributed by atoms with Crippen molar-refractivity contribution in [2.24, 2.45) is 0 Å². The maximum atomic E-state index is 11.4. The van der Waals surface area contributed by atoms with Gasteiger partial charge in [0.15, 0.2) is 5.75 Å². The summed E-state index contributed by atoms with van der Waals surface area (Å²) in [5.74, 6) is -0.751. The van der Waals surface area contributed by atoms with Crippen LogP contribution in [0.3, 0.4) is 0 Å². The Labute approximate surface area is 157 Å². The number of aliphatic hydroxyl groups excluding tert-OH is 1. The van der Waals surface area contributed by atoms with Gasteiger partial charge < -0.3 is 15.3 Å². The second kappa shape index (κ2) is 6.95. The number of pyridine rings is 1. The van der Waals surface area contributed by atoms with Gasteiger partial charge in [0.2, 0.25) is 0 Å². The van der Waals surface area contributed by atoms with E-state index in [-0.39, 0.29) is 62.2 Å². The van der Waals surface area contributed by atoms with Gasteiger partial charge in [0.05, 0.1) is 20.9 Å². The molecule has 0 saturated carbocycles. The van der Waals surface area contributed by atoms with Crippen LogP contribution in [-0.4, -0.2) is 31.8 Å². The van der Waals surface area contributed by atoms with Gasteiger partial charge in [0.25, 0.3) is 5.69 Å². The SMILES string of the molecule is O=[N+]([O-])c1ccccc1-c1cc(Cl)nc2c(O)c(Cl)c(CCO)c(O)c12. The van der Waals surface area contributed by atoms with E-state index in [0.29, 0.717) is 0 Å². The standard InChI is InChI=1S/C17H12Cl2N2O5/c18-12-7-10(8-3-1-2-4-11(8)21(25)26)13-15(20-12)17(24)14(19)9(5-6-22)16(13)23/h1-4,7,22-24H,5-6H2. The van der Waals surface area contributed by atoms with Crippen LogP contribution in [-0.2, 0) is 6.42 Å². The van der Waals surface area contributed by atoms with Crippen LogP contribution in [0.1, 0.15) is 5.56 Å². The summed E-state index contributed by atoms with van der Waals surface area (Å²) in [5, 5.41) is 41.5. The molecule has 9 heteroatoms. The maximum absolute atomic E-state index is 11.4. The van der Waals surface area contributed by atoms with Gasteiger partial charge in [-0.05, 0) is 12.1 Å². The minimum atomic E-state index is -0.559. The predicted molar refractivity (Wildman–Crippen MR) is 98.0 cm³/mol. The zero-order valence-electron chi connectivity index (χ0n) is 13.1. The number of para-hydroxylation sites is 1. The normalized spacial score (nSPS) is 11.0. The first-order valence-corrected chi connectivity index (χ1v) is 8.19. The monoisotopic (exact) mass is 394 g/mol. The number of hydrogen-bond donors (Lipinski definition) is 3. The summed E-state index contributed by atoms with van der Waals surface area (Å²) in [5.41, 5.74) is 0.237. The van der Waals surface area contributed by atoms with E-state index in [9.17, 15) is 25.4 Å². The summed E-state index contributed by atoms with van der Waals surface area (Å²) < 4.78 is 0. The van der Waals surface area contributed by atoms with E-state index in [1.165, 1.54) is 24.3 Å². The van der Waals surface area contributed by atoms with Crippen LogP contribution in [0.25, 0.3) is 22.0 Å². The van der Waals surface area contributed by atoms with Crippen molar-refractivity contribution in [1.29, 1.82) is 0 Å². The number of nitrogens with zero attached hydrogens (tertiary/aromatic N) is 2. The number of aromatic nitrogens is 1. The molecule has 3 aromatic rings. The lowest BCUT2D eigenvalue weighted by atomic mass is 9.96. The molecular formula is C17H12Cl2N2O5. The summed E-state index contributed by atoms with van der Waals surface area (Å²) >= 11 is 12.1. The number of phenols is 2. The van der Waals surface area contributed by atoms with Gasteiger partial charge in [-0.15, -0.1) is 0 Å². The van der Waals surface area contributed by atoms with Crippen molar-refractivity contribution in [2.45, 2.75) is 6.42 Å². The number of rotatable bonds is 4. The molecular weight excluding hydrogens is 383 g/mol. The van der Waals surface area contributed by atoms with E-state index in [0.717, 1.165) is 0 Å². The number of benzene rings is 2. The molecule has 1 aromatic heterocycles. The molecule has 26 heavy (non-hydrogen) atoms. The van der Waals surface area contributed by atoms with Crippen LogP contribution >= 0.6 is 23.2 Å². The van der Waals surface area contributed by atoms with E-state index in [2.05, 4.69) is 4.98 Å². The lowest BCUT2D eigenvalue weighted by Gasteiger charge is -2.15. The van der Waals surface area contributed by atoms with Gasteiger partial charge in [-0.2, -0.15) is 0 Å². The third-order valence-electron chi connectivity index (χ3n) is 3.96. The minimum absolute atomic E-state index is 0.0207. The molecule has 0 unspecified atom stereocenters. The largest absolute Gasteiger partial charge is 0.507 e. The van der Waals surface area contributed by atoms with Gasteiger partial charge in [-0.25, -0.2) is 4.98 Å². The number of nitro groups is 1. The van der Waals surface area contributed by atoms with Crippen LogP contribution in [0, 0.1) is 10.1 Å². The van der Waals surface area contributed by atoms with E-state index in [4.69, 9.17) is 23.2 Å². The fraction of sp³-hybridized carbons (Fsp3) is 0.118. The molecule has 2 aromatic carbocycles. The zero-order valence-corrected chi connectivity index (χ0v) is 14.6. The second-order valence-electron chi connectivity index (χ2n) is 5.45. The molecule has 0 aliphatic carbocycles. The Hall–Kier alpha value is -2.61. The first-order valence-electron chi connectivity index (χ1n) is 7.44. The topological polar surface area (TPSA) is 117 Å². The summed E-state index contributed by atoms with van der Waals surface area (Å²) in [6.07, 6.45) is -0.0207. The predicted octanol–water partition coefficient (Wildman–Crippen LogP) is 4.06. The molecule has 0 aliphatic rings. The third-order valence-corrected chi connectivity index (χ3v) is 4.56. The lowest BCUT2D eigenvalue weighted by molar-refractivity contribution is -0.384. The molecule has 0 radical (unpaired) electrons. The van der Waals surface area contributed by atoms with Gasteiger partial charge in [0, 0.05) is 30.2 Å². The van der Waals surface area contributed by atoms with Crippen molar-refractivity contribution in [1.82, 2.24) is 4.98 Å². The second-order valence-corrected chi connectivity index (χ2v) is 6.22. The summed E-state index contributed by atoms with van der Waals surface area (Å²) in [6, 6.07) is 7.29. The first-order chi connectivity index (χ1) is 12.4. The Kier molecular flexibility index (Phi) is 4.86. The van der Waals surface area contributed by atoms with E-state index >= 15 is 0 Å². The van der Waals surface area contributed by atoms with Crippen molar-refractivity contribution < 1.29 is 20.2 Å². The average molecular weight is 395 g/mol. The number of halogens is 2. The first kappa shape index (κ1) is 18.2. The maximum Gasteiger partial charge on any atom is 0.277 e. The molecule has 7 nitrogen and oxygen atoms in total. The lowest BCUT2D eigenvalue weighted by Crippen LogP contribution is -1.98. The Morgan fingerprint density at radius 3 is 2.46 bits per heavy atom. The van der Waals surface area contributed by atoms with Crippen LogP contribution < -0.4 is 0 Å². The van der Waals surface area contributed by atoms with Crippen LogP contribution in [0.4, 0.5) is 5.69 Å². The van der Waals surface area contributed by atoms with Crippen LogP contribution in [0.2, 0.25) is 10.2 Å². The fourth-order valence-corrected chi connectivity index (χ4v) is 3.31. The Morgan fingerprint density at radius 2 is 1.81 bits per heavy atom. The number of fused-ring (bicyclic) bond motifs is 1. The number of aliphatic hydroxyl groups is 1. The molecule has 0 bridgehead atoms. The summed E-state index contributed by atoms with van der Waals surface area (Å²) in [7, 11) is 0. The van der Waals surface area contributed by atoms with Gasteiger partial charge >= 0.3 is 0 Å². The molecule has 0 saturated heterocycles. The molecule has 0 atom stereocenters. The zero-order chi connectivity index (χ0) is 19.0. The van der Waals surface area contributed by atoms with Crippen molar-refractivity contribution in [3.63, 3.8) is 0 Å². The van der Waals surface area contributed by atoms with Crippen molar-refractivity contribution in [3.8, 4) is 22.6 Å². The summed E-state index contributed by atoms with van der Waals surface area (Å²) in [6.45, 7) is -0.319. The molecule has 0 fully saturated rings. The highest BCUT2D eigenvalue weighted by Gasteiger charge is 2.25. The highest BCUT2D eigenvalue weighted by molar-refractivity contribution is 6.35. The van der Waals surface area contributed by atoms with Crippen molar-refractivity contribution in [3.05, 3.63) is 56.2 Å². The number of phenolic OH excluding ortho intramolecular Hbond substituents is 2. The summed E-state index contributed by atoms with van der Waals surface area (Å²) in [4.78, 5) is 14.8. The van der Waals surface area contributed by atoms with E-state index < -0.39 is 10.7 Å². The Balaban J connectivity index is 2.50. The average Bonchev–Trinajstić information content (AvgIpc) is 2.62. The quantitative estimate of drug-likeness (QED) is 0.265. The van der Waals surface area contributed by atoms with Crippen LogP contribution in [0.5, 0.6) is 11.5 Å². The van der Waals surface area contributed by atoms with Gasteiger partial charge in [0.1, 0.15) is 16.4 Å². The molecule has 0 aliphatic heterocycles.